The van der Waals surface area contributed by atoms with E-state index in [1.165, 1.54) is 0 Å². The summed E-state index contributed by atoms with van der Waals surface area (Å²) in [6, 6.07) is -0.647. The average molecular weight is 292 g/mol. The average Bonchev–Trinajstić information content (AvgIpc) is 2.71. The lowest BCUT2D eigenvalue weighted by Gasteiger charge is -2.00. The van der Waals surface area contributed by atoms with E-state index >= 15 is 0 Å². The molecule has 114 valence electrons. The Kier molecular flexibility index (Phi) is 5.79. The number of carbonyl (C=O) groups excluding carboxylic acids is 1. The van der Waals surface area contributed by atoms with E-state index in [4.69, 9.17) is 10.8 Å². The van der Waals surface area contributed by atoms with Crippen LogP contribution in [0.25, 0.3) is 11.3 Å². The molecule has 2 rings (SSSR count). The first kappa shape index (κ1) is 16.6. The van der Waals surface area contributed by atoms with Crippen LogP contribution < -0.4 is 11.1 Å². The van der Waals surface area contributed by atoms with Crippen LogP contribution in [0, 0.1) is 13.8 Å². The summed E-state index contributed by atoms with van der Waals surface area (Å²) in [5.74, 6) is 1.11. The summed E-state index contributed by atoms with van der Waals surface area (Å²) in [7, 11) is 0. The number of nitrogens with zero attached hydrogens (tertiary/aromatic N) is 3. The minimum absolute atomic E-state index is 0.167. The van der Waals surface area contributed by atoms with Gasteiger partial charge >= 0.3 is 6.03 Å². The van der Waals surface area contributed by atoms with Crippen LogP contribution >= 0.6 is 0 Å². The number of nitrogens with one attached hydrogen (secondary N) is 2. The second-order valence-corrected chi connectivity index (χ2v) is 4.67. The summed E-state index contributed by atoms with van der Waals surface area (Å²) in [6.45, 7) is 7.08. The summed E-state index contributed by atoms with van der Waals surface area (Å²) in [6.07, 6.45) is 3.22. The van der Waals surface area contributed by atoms with Crippen molar-refractivity contribution in [2.45, 2.75) is 33.8 Å². The molecule has 0 saturated heterocycles. The number of primary amides is 1. The number of aromatic nitrogens is 4. The zero-order valence-corrected chi connectivity index (χ0v) is 12.5. The van der Waals surface area contributed by atoms with Crippen molar-refractivity contribution in [2.24, 2.45) is 5.73 Å². The molecule has 2 heterocycles. The highest BCUT2D eigenvalue weighted by molar-refractivity contribution is 5.88. The van der Waals surface area contributed by atoms with Crippen molar-refractivity contribution in [1.29, 1.82) is 0 Å². The van der Waals surface area contributed by atoms with E-state index in [1.54, 1.807) is 26.2 Å². The van der Waals surface area contributed by atoms with E-state index in [-0.39, 0.29) is 6.10 Å². The Hall–Kier alpha value is -2.48. The van der Waals surface area contributed by atoms with E-state index in [1.807, 2.05) is 13.8 Å². The number of anilines is 1. The molecular weight excluding hydrogens is 272 g/mol. The molecule has 0 atom stereocenters. The third-order valence-electron chi connectivity index (χ3n) is 2.32. The molecule has 0 spiro atoms. The molecule has 0 aromatic carbocycles. The van der Waals surface area contributed by atoms with Crippen LogP contribution in [-0.2, 0) is 0 Å². The maximum atomic E-state index is 10.7. The van der Waals surface area contributed by atoms with Gasteiger partial charge in [0.05, 0.1) is 5.69 Å². The molecule has 2 aromatic rings. The van der Waals surface area contributed by atoms with Crippen LogP contribution in [0.15, 0.2) is 12.4 Å². The Labute approximate surface area is 122 Å². The molecule has 21 heavy (non-hydrogen) atoms. The highest BCUT2D eigenvalue weighted by Gasteiger charge is 2.12. The molecule has 0 fully saturated rings. The van der Waals surface area contributed by atoms with Crippen molar-refractivity contribution in [3.05, 3.63) is 23.8 Å². The predicted molar refractivity (Wildman–Crippen MR) is 79.6 cm³/mol. The number of aromatic amines is 1. The van der Waals surface area contributed by atoms with Gasteiger partial charge in [-0.05, 0) is 27.7 Å². The van der Waals surface area contributed by atoms with Crippen LogP contribution in [-0.4, -0.2) is 37.4 Å². The van der Waals surface area contributed by atoms with Crippen molar-refractivity contribution in [2.75, 3.05) is 5.32 Å². The number of nitrogens with two attached hydrogens (primary N) is 1. The number of carbonyl (C=O) groups is 1. The normalized spacial score (nSPS) is 10.0. The zero-order valence-electron chi connectivity index (χ0n) is 12.5. The summed E-state index contributed by atoms with van der Waals surface area (Å²) in [5, 5.41) is 17.3. The topological polar surface area (TPSA) is 130 Å². The first-order valence-corrected chi connectivity index (χ1v) is 6.39. The number of urea groups is 1. The Bertz CT molecular complexity index is 588. The number of aryl methyl sites for hydroxylation is 1. The summed E-state index contributed by atoms with van der Waals surface area (Å²) < 4.78 is 0. The molecule has 2 amide bonds. The van der Waals surface area contributed by atoms with Gasteiger partial charge in [0, 0.05) is 29.6 Å². The fraction of sp³-hybridized carbons (Fsp3) is 0.385. The van der Waals surface area contributed by atoms with Gasteiger partial charge in [-0.1, -0.05) is 0 Å². The standard InChI is InChI=1S/C10H12N6O.C3H8O/c1-5-8(7-3-12-6(2)13-4-7)15-16-9(5)14-10(11)17;1-3(2)4/h3-4H,1-2H3,(H4,11,14,15,16,17);3-4H,1-2H3. The highest BCUT2D eigenvalue weighted by Crippen LogP contribution is 2.24. The summed E-state index contributed by atoms with van der Waals surface area (Å²) in [4.78, 5) is 18.9. The highest BCUT2D eigenvalue weighted by atomic mass is 16.3. The lowest BCUT2D eigenvalue weighted by molar-refractivity contribution is 0.216. The van der Waals surface area contributed by atoms with Crippen LogP contribution in [0.4, 0.5) is 10.6 Å². The number of amides is 2. The minimum Gasteiger partial charge on any atom is -0.394 e. The Balaban J connectivity index is 0.000000491. The maximum absolute atomic E-state index is 10.7. The number of H-pyrrole nitrogens is 1. The zero-order chi connectivity index (χ0) is 16.0. The van der Waals surface area contributed by atoms with E-state index in [0.29, 0.717) is 11.6 Å². The van der Waals surface area contributed by atoms with Crippen LogP contribution in [0.5, 0.6) is 0 Å². The minimum atomic E-state index is -0.647. The monoisotopic (exact) mass is 292 g/mol. The van der Waals surface area contributed by atoms with Crippen LogP contribution in [0.2, 0.25) is 0 Å². The van der Waals surface area contributed by atoms with Gasteiger partial charge in [-0.3, -0.25) is 10.4 Å². The molecule has 0 aliphatic rings. The van der Waals surface area contributed by atoms with Crippen molar-refractivity contribution in [3.63, 3.8) is 0 Å². The molecule has 0 unspecified atom stereocenters. The third kappa shape index (κ3) is 5.19. The van der Waals surface area contributed by atoms with Crippen molar-refractivity contribution in [3.8, 4) is 11.3 Å². The lowest BCUT2D eigenvalue weighted by Crippen LogP contribution is -2.19. The molecule has 0 bridgehead atoms. The largest absolute Gasteiger partial charge is 0.394 e. The van der Waals surface area contributed by atoms with Crippen molar-refractivity contribution < 1.29 is 9.90 Å². The van der Waals surface area contributed by atoms with Crippen molar-refractivity contribution in [1.82, 2.24) is 20.2 Å². The lowest BCUT2D eigenvalue weighted by atomic mass is 10.1. The summed E-state index contributed by atoms with van der Waals surface area (Å²) >= 11 is 0. The number of rotatable bonds is 2. The Morgan fingerprint density at radius 2 is 1.86 bits per heavy atom. The SMILES string of the molecule is CC(C)O.Cc1ncc(-c2[nH]nc(NC(N)=O)c2C)cn1. The van der Waals surface area contributed by atoms with Crippen LogP contribution in [0.1, 0.15) is 25.2 Å². The fourth-order valence-electron chi connectivity index (χ4n) is 1.44. The van der Waals surface area contributed by atoms with E-state index in [2.05, 4.69) is 25.5 Å². The smallest absolute Gasteiger partial charge is 0.317 e. The molecule has 0 saturated carbocycles. The molecule has 8 nitrogen and oxygen atoms in total. The number of aliphatic hydroxyl groups excluding tert-OH is 1. The number of aliphatic hydroxyl groups is 1. The van der Waals surface area contributed by atoms with Crippen molar-refractivity contribution >= 4 is 11.8 Å². The first-order valence-electron chi connectivity index (χ1n) is 6.39. The van der Waals surface area contributed by atoms with Crippen LogP contribution in [0.3, 0.4) is 0 Å². The Morgan fingerprint density at radius 1 is 1.33 bits per heavy atom. The van der Waals surface area contributed by atoms with Gasteiger partial charge in [0.15, 0.2) is 5.82 Å². The molecule has 0 radical (unpaired) electrons. The van der Waals surface area contributed by atoms with E-state index in [0.717, 1.165) is 16.8 Å². The molecular formula is C13H20N6O2. The summed E-state index contributed by atoms with van der Waals surface area (Å²) in [5.41, 5.74) is 7.38. The van der Waals surface area contributed by atoms with Gasteiger partial charge in [-0.15, -0.1) is 0 Å². The number of hydrogen-bond acceptors (Lipinski definition) is 5. The molecule has 2 aromatic heterocycles. The maximum Gasteiger partial charge on any atom is 0.317 e. The number of hydrogen-bond donors (Lipinski definition) is 4. The van der Waals surface area contributed by atoms with Gasteiger partial charge in [-0.25, -0.2) is 14.8 Å². The van der Waals surface area contributed by atoms with E-state index < -0.39 is 6.03 Å². The molecule has 5 N–H and O–H groups in total. The second kappa shape index (κ2) is 7.34. The van der Waals surface area contributed by atoms with Gasteiger partial charge in [0.25, 0.3) is 0 Å². The quantitative estimate of drug-likeness (QED) is 0.664. The predicted octanol–water partition coefficient (Wildman–Crippen LogP) is 1.36. The van der Waals surface area contributed by atoms with E-state index in [9.17, 15) is 4.79 Å². The fourth-order valence-corrected chi connectivity index (χ4v) is 1.44. The second-order valence-electron chi connectivity index (χ2n) is 4.67. The van der Waals surface area contributed by atoms with Gasteiger partial charge < -0.3 is 10.8 Å². The molecule has 0 aliphatic carbocycles. The third-order valence-corrected chi connectivity index (χ3v) is 2.32. The van der Waals surface area contributed by atoms with Gasteiger partial charge in [-0.2, -0.15) is 5.10 Å². The molecule has 0 aliphatic heterocycles. The first-order chi connectivity index (χ1) is 9.81. The Morgan fingerprint density at radius 3 is 2.33 bits per heavy atom. The van der Waals surface area contributed by atoms with Gasteiger partial charge in [0.1, 0.15) is 5.82 Å². The molecule has 8 heteroatoms. The van der Waals surface area contributed by atoms with Gasteiger partial charge in [0.2, 0.25) is 0 Å².